The molecule has 0 atom stereocenters. The van der Waals surface area contributed by atoms with E-state index in [-0.39, 0.29) is 30.8 Å². The molecule has 0 aromatic carbocycles. The van der Waals surface area contributed by atoms with E-state index >= 15 is 0 Å². The number of halogens is 4. The van der Waals surface area contributed by atoms with Crippen molar-refractivity contribution in [2.45, 2.75) is 32.4 Å². The predicted octanol–water partition coefficient (Wildman–Crippen LogP) is 3.11. The van der Waals surface area contributed by atoms with Gasteiger partial charge in [-0.1, -0.05) is 0 Å². The Morgan fingerprint density at radius 3 is 2.67 bits per heavy atom. The van der Waals surface area contributed by atoms with E-state index in [1.165, 1.54) is 12.3 Å². The first kappa shape index (κ1) is 17.2. The Hall–Kier alpha value is -1.86. The molecule has 0 unspecified atom stereocenters. The molecule has 1 amide bonds. The fourth-order valence-corrected chi connectivity index (χ4v) is 1.66. The lowest BCUT2D eigenvalue weighted by atomic mass is 10.2. The van der Waals surface area contributed by atoms with Gasteiger partial charge in [-0.25, -0.2) is 9.37 Å². The lowest BCUT2D eigenvalue weighted by Gasteiger charge is -2.09. The van der Waals surface area contributed by atoms with Gasteiger partial charge in [0.25, 0.3) is 5.91 Å². The van der Waals surface area contributed by atoms with Crippen LogP contribution in [0.3, 0.4) is 0 Å². The lowest BCUT2D eigenvalue weighted by molar-refractivity contribution is -0.135. The molecule has 0 saturated heterocycles. The number of alkyl halides is 3. The van der Waals surface area contributed by atoms with Crippen LogP contribution >= 0.6 is 0 Å². The van der Waals surface area contributed by atoms with Gasteiger partial charge in [-0.3, -0.25) is 4.79 Å². The van der Waals surface area contributed by atoms with Gasteiger partial charge < -0.3 is 10.6 Å². The molecule has 1 aromatic heterocycles. The van der Waals surface area contributed by atoms with Crippen molar-refractivity contribution in [2.75, 3.05) is 18.4 Å². The van der Waals surface area contributed by atoms with Gasteiger partial charge >= 0.3 is 6.18 Å². The summed E-state index contributed by atoms with van der Waals surface area (Å²) < 4.78 is 49.7. The Balaban J connectivity index is 2.47. The predicted molar refractivity (Wildman–Crippen MR) is 70.6 cm³/mol. The summed E-state index contributed by atoms with van der Waals surface area (Å²) in [5, 5.41) is 5.07. The normalized spacial score (nSPS) is 11.3. The number of hydrogen-bond acceptors (Lipinski definition) is 3. The highest BCUT2D eigenvalue weighted by Crippen LogP contribution is 2.22. The smallest absolute Gasteiger partial charge is 0.368 e. The first-order chi connectivity index (χ1) is 9.85. The van der Waals surface area contributed by atoms with Gasteiger partial charge in [0.15, 0.2) is 11.6 Å². The van der Waals surface area contributed by atoms with E-state index in [4.69, 9.17) is 0 Å². The first-order valence-corrected chi connectivity index (χ1v) is 6.58. The number of aromatic nitrogens is 1. The molecule has 4 nitrogen and oxygen atoms in total. The van der Waals surface area contributed by atoms with Gasteiger partial charge in [0.1, 0.15) is 0 Å². The van der Waals surface area contributed by atoms with E-state index in [2.05, 4.69) is 15.6 Å². The van der Waals surface area contributed by atoms with Crippen LogP contribution in [0.2, 0.25) is 0 Å². The van der Waals surface area contributed by atoms with E-state index in [0.717, 1.165) is 0 Å². The SMILES string of the molecule is CCNc1nccc(C(=O)NCCCCC(F)(F)F)c1F. The molecule has 0 bridgehead atoms. The number of amides is 1. The standard InChI is InChI=1S/C13H17F4N3O/c1-2-18-11-10(14)9(5-8-19-11)12(21)20-7-4-3-6-13(15,16)17/h5,8H,2-4,6-7H2,1H3,(H,18,19)(H,20,21). The highest BCUT2D eigenvalue weighted by atomic mass is 19.4. The zero-order valence-corrected chi connectivity index (χ0v) is 11.6. The number of rotatable bonds is 7. The second kappa shape index (κ2) is 7.80. The monoisotopic (exact) mass is 307 g/mol. The maximum absolute atomic E-state index is 13.9. The molecule has 0 saturated carbocycles. The van der Waals surface area contributed by atoms with Gasteiger partial charge in [0.05, 0.1) is 5.56 Å². The summed E-state index contributed by atoms with van der Waals surface area (Å²) in [6.45, 7) is 2.27. The number of anilines is 1. The molecular formula is C13H17F4N3O. The summed E-state index contributed by atoms with van der Waals surface area (Å²) in [7, 11) is 0. The summed E-state index contributed by atoms with van der Waals surface area (Å²) in [6.07, 6.45) is -3.69. The molecule has 118 valence electrons. The molecule has 0 aliphatic rings. The Morgan fingerprint density at radius 1 is 1.33 bits per heavy atom. The number of pyridine rings is 1. The fourth-order valence-electron chi connectivity index (χ4n) is 1.66. The molecule has 0 aliphatic heterocycles. The molecule has 0 radical (unpaired) electrons. The maximum atomic E-state index is 13.9. The summed E-state index contributed by atoms with van der Waals surface area (Å²) in [5.41, 5.74) is -0.184. The highest BCUT2D eigenvalue weighted by molar-refractivity contribution is 5.95. The largest absolute Gasteiger partial charge is 0.389 e. The number of carbonyl (C=O) groups excluding carboxylic acids is 1. The zero-order chi connectivity index (χ0) is 15.9. The van der Waals surface area contributed by atoms with Gasteiger partial charge in [0, 0.05) is 25.7 Å². The van der Waals surface area contributed by atoms with Crippen LogP contribution in [-0.4, -0.2) is 30.2 Å². The molecule has 21 heavy (non-hydrogen) atoms. The fraction of sp³-hybridized carbons (Fsp3) is 0.538. The van der Waals surface area contributed by atoms with Crippen molar-refractivity contribution in [3.8, 4) is 0 Å². The topological polar surface area (TPSA) is 54.0 Å². The molecule has 1 aromatic rings. The van der Waals surface area contributed by atoms with Gasteiger partial charge in [0.2, 0.25) is 0 Å². The minimum absolute atomic E-state index is 0.0257. The van der Waals surface area contributed by atoms with Crippen molar-refractivity contribution < 1.29 is 22.4 Å². The Labute approximate surface area is 119 Å². The minimum Gasteiger partial charge on any atom is -0.368 e. The summed E-state index contributed by atoms with van der Waals surface area (Å²) >= 11 is 0. The third-order valence-electron chi connectivity index (χ3n) is 2.65. The van der Waals surface area contributed by atoms with E-state index in [1.54, 1.807) is 6.92 Å². The van der Waals surface area contributed by atoms with Crippen molar-refractivity contribution in [2.24, 2.45) is 0 Å². The summed E-state index contributed by atoms with van der Waals surface area (Å²) in [4.78, 5) is 15.5. The van der Waals surface area contributed by atoms with Crippen LogP contribution < -0.4 is 10.6 Å². The number of nitrogens with one attached hydrogen (secondary N) is 2. The third-order valence-corrected chi connectivity index (χ3v) is 2.65. The van der Waals surface area contributed by atoms with Crippen LogP contribution in [0.1, 0.15) is 36.5 Å². The molecule has 0 fully saturated rings. The molecule has 0 spiro atoms. The Bertz CT molecular complexity index is 477. The molecular weight excluding hydrogens is 290 g/mol. The Kier molecular flexibility index (Phi) is 6.39. The number of nitrogens with zero attached hydrogens (tertiary/aromatic N) is 1. The summed E-state index contributed by atoms with van der Waals surface area (Å²) in [5.74, 6) is -1.46. The van der Waals surface area contributed by atoms with Crippen molar-refractivity contribution >= 4 is 11.7 Å². The maximum Gasteiger partial charge on any atom is 0.389 e. The van der Waals surface area contributed by atoms with E-state index in [1.807, 2.05) is 0 Å². The van der Waals surface area contributed by atoms with Crippen LogP contribution in [0, 0.1) is 5.82 Å². The molecule has 2 N–H and O–H groups in total. The second-order valence-corrected chi connectivity index (χ2v) is 4.38. The zero-order valence-electron chi connectivity index (χ0n) is 11.6. The highest BCUT2D eigenvalue weighted by Gasteiger charge is 2.25. The molecule has 8 heteroatoms. The van der Waals surface area contributed by atoms with Gasteiger partial charge in [-0.2, -0.15) is 13.2 Å². The third kappa shape index (κ3) is 5.97. The van der Waals surface area contributed by atoms with E-state index < -0.39 is 24.3 Å². The van der Waals surface area contributed by atoms with Gasteiger partial charge in [-0.15, -0.1) is 0 Å². The van der Waals surface area contributed by atoms with Crippen LogP contribution in [0.25, 0.3) is 0 Å². The lowest BCUT2D eigenvalue weighted by Crippen LogP contribution is -2.26. The number of carbonyl (C=O) groups is 1. The second-order valence-electron chi connectivity index (χ2n) is 4.38. The van der Waals surface area contributed by atoms with Crippen LogP contribution in [-0.2, 0) is 0 Å². The quantitative estimate of drug-likeness (QED) is 0.601. The van der Waals surface area contributed by atoms with Crippen molar-refractivity contribution in [3.63, 3.8) is 0 Å². The number of hydrogen-bond donors (Lipinski definition) is 2. The van der Waals surface area contributed by atoms with Crippen LogP contribution in [0.5, 0.6) is 0 Å². The van der Waals surface area contributed by atoms with Crippen molar-refractivity contribution in [3.05, 3.63) is 23.6 Å². The number of unbranched alkanes of at least 4 members (excludes halogenated alkanes) is 1. The van der Waals surface area contributed by atoms with E-state index in [9.17, 15) is 22.4 Å². The van der Waals surface area contributed by atoms with E-state index in [0.29, 0.717) is 6.54 Å². The average Bonchev–Trinajstić information content (AvgIpc) is 2.39. The van der Waals surface area contributed by atoms with Gasteiger partial charge in [-0.05, 0) is 25.8 Å². The van der Waals surface area contributed by atoms with Crippen molar-refractivity contribution in [1.82, 2.24) is 10.3 Å². The van der Waals surface area contributed by atoms with Crippen molar-refractivity contribution in [1.29, 1.82) is 0 Å². The average molecular weight is 307 g/mol. The van der Waals surface area contributed by atoms with Crippen LogP contribution in [0.4, 0.5) is 23.4 Å². The molecule has 1 heterocycles. The summed E-state index contributed by atoms with van der Waals surface area (Å²) in [6, 6.07) is 1.22. The Morgan fingerprint density at radius 2 is 2.05 bits per heavy atom. The molecule has 1 rings (SSSR count). The first-order valence-electron chi connectivity index (χ1n) is 6.58. The minimum atomic E-state index is -4.19. The molecule has 0 aliphatic carbocycles. The van der Waals surface area contributed by atoms with Crippen LogP contribution in [0.15, 0.2) is 12.3 Å².